The van der Waals surface area contributed by atoms with E-state index in [0.29, 0.717) is 18.9 Å². The van der Waals surface area contributed by atoms with Crippen molar-refractivity contribution in [1.82, 2.24) is 4.98 Å². The van der Waals surface area contributed by atoms with Crippen LogP contribution in [-0.2, 0) is 11.2 Å². The Morgan fingerprint density at radius 3 is 2.70 bits per heavy atom. The molecule has 1 aromatic heterocycles. The summed E-state index contributed by atoms with van der Waals surface area (Å²) in [4.78, 5) is 15.2. The molecule has 5 nitrogen and oxygen atoms in total. The first-order valence-corrected chi connectivity index (χ1v) is 9.49. The van der Waals surface area contributed by atoms with Gasteiger partial charge in [0.15, 0.2) is 0 Å². The van der Waals surface area contributed by atoms with Crippen LogP contribution in [0.3, 0.4) is 0 Å². The maximum Gasteiger partial charge on any atom is 0.309 e. The number of thiazole rings is 1. The summed E-state index contributed by atoms with van der Waals surface area (Å²) in [6.45, 7) is 4.96. The van der Waals surface area contributed by atoms with Crippen molar-refractivity contribution in [2.45, 2.75) is 20.3 Å². The van der Waals surface area contributed by atoms with Gasteiger partial charge in [-0.1, -0.05) is 29.8 Å². The summed E-state index contributed by atoms with van der Waals surface area (Å²) in [5.74, 6) is 0.714. The van der Waals surface area contributed by atoms with Gasteiger partial charge in [-0.25, -0.2) is 4.98 Å². The number of benzene rings is 2. The van der Waals surface area contributed by atoms with Crippen LogP contribution in [0.1, 0.15) is 16.8 Å². The molecular formula is C21H21NO4S. The Morgan fingerprint density at radius 1 is 1.11 bits per heavy atom. The molecular weight excluding hydrogens is 362 g/mol. The lowest BCUT2D eigenvalue weighted by Gasteiger charge is -2.11. The fourth-order valence-electron chi connectivity index (χ4n) is 2.67. The lowest BCUT2D eigenvalue weighted by molar-refractivity contribution is -0.136. The Bertz CT molecular complexity index is 935. The molecule has 0 aliphatic heterocycles. The molecule has 0 aliphatic rings. The summed E-state index contributed by atoms with van der Waals surface area (Å²) in [5.41, 5.74) is 3.79. The van der Waals surface area contributed by atoms with E-state index in [4.69, 9.17) is 14.6 Å². The summed E-state index contributed by atoms with van der Waals surface area (Å²) in [7, 11) is 0. The molecule has 3 aromatic rings. The fourth-order valence-corrected chi connectivity index (χ4v) is 3.48. The zero-order valence-electron chi connectivity index (χ0n) is 15.3. The Hall–Kier alpha value is -2.86. The number of rotatable bonds is 8. The van der Waals surface area contributed by atoms with Gasteiger partial charge in [-0.2, -0.15) is 0 Å². The smallest absolute Gasteiger partial charge is 0.309 e. The minimum Gasteiger partial charge on any atom is -0.490 e. The molecule has 0 saturated heterocycles. The molecule has 0 radical (unpaired) electrons. The number of carboxylic acids is 1. The van der Waals surface area contributed by atoms with Gasteiger partial charge < -0.3 is 14.6 Å². The molecule has 0 amide bonds. The lowest BCUT2D eigenvalue weighted by atomic mass is 10.1. The van der Waals surface area contributed by atoms with E-state index in [1.54, 1.807) is 5.38 Å². The van der Waals surface area contributed by atoms with E-state index in [9.17, 15) is 4.79 Å². The van der Waals surface area contributed by atoms with Crippen LogP contribution in [-0.4, -0.2) is 29.3 Å². The zero-order valence-corrected chi connectivity index (χ0v) is 16.1. The highest BCUT2D eigenvalue weighted by atomic mass is 32.1. The number of aliphatic carboxylic acids is 1. The van der Waals surface area contributed by atoms with Crippen molar-refractivity contribution >= 4 is 17.3 Å². The SMILES string of the molecule is Cc1ccc(OCCOc2cccc(-c3nc(CC(=O)O)cs3)c2)c(C)c1. The second-order valence-corrected chi connectivity index (χ2v) is 7.07. The van der Waals surface area contributed by atoms with Crippen LogP contribution in [0.5, 0.6) is 11.5 Å². The molecule has 0 unspecified atom stereocenters. The molecule has 140 valence electrons. The van der Waals surface area contributed by atoms with Gasteiger partial charge in [0.1, 0.15) is 29.7 Å². The molecule has 2 aromatic carbocycles. The van der Waals surface area contributed by atoms with Gasteiger partial charge in [0.25, 0.3) is 0 Å². The summed E-state index contributed by atoms with van der Waals surface area (Å²) in [5, 5.41) is 11.4. The minimum absolute atomic E-state index is 0.0670. The number of ether oxygens (including phenoxy) is 2. The van der Waals surface area contributed by atoms with E-state index < -0.39 is 5.97 Å². The number of aryl methyl sites for hydroxylation is 2. The first-order valence-electron chi connectivity index (χ1n) is 8.61. The van der Waals surface area contributed by atoms with Gasteiger partial charge in [-0.05, 0) is 37.6 Å². The molecule has 1 heterocycles. The molecule has 6 heteroatoms. The van der Waals surface area contributed by atoms with Crippen molar-refractivity contribution in [3.05, 3.63) is 64.7 Å². The second-order valence-electron chi connectivity index (χ2n) is 6.21. The van der Waals surface area contributed by atoms with Crippen LogP contribution >= 0.6 is 11.3 Å². The van der Waals surface area contributed by atoms with Crippen LogP contribution in [0.2, 0.25) is 0 Å². The predicted molar refractivity (Wildman–Crippen MR) is 106 cm³/mol. The Kier molecular flexibility index (Phi) is 6.08. The first-order chi connectivity index (χ1) is 13.0. The van der Waals surface area contributed by atoms with Gasteiger partial charge in [0.2, 0.25) is 0 Å². The van der Waals surface area contributed by atoms with E-state index in [1.165, 1.54) is 16.9 Å². The van der Waals surface area contributed by atoms with Crippen LogP contribution < -0.4 is 9.47 Å². The molecule has 3 rings (SSSR count). The van der Waals surface area contributed by atoms with Crippen molar-refractivity contribution in [2.24, 2.45) is 0 Å². The number of hydrogen-bond donors (Lipinski definition) is 1. The summed E-state index contributed by atoms with van der Waals surface area (Å²) < 4.78 is 11.6. The maximum atomic E-state index is 10.8. The molecule has 0 spiro atoms. The topological polar surface area (TPSA) is 68.7 Å². The molecule has 27 heavy (non-hydrogen) atoms. The van der Waals surface area contributed by atoms with Gasteiger partial charge >= 0.3 is 5.97 Å². The van der Waals surface area contributed by atoms with Gasteiger partial charge in [-0.15, -0.1) is 11.3 Å². The van der Waals surface area contributed by atoms with Crippen molar-refractivity contribution in [1.29, 1.82) is 0 Å². The number of carbonyl (C=O) groups is 1. The molecule has 0 bridgehead atoms. The first kappa shape index (κ1) is 18.9. The zero-order chi connectivity index (χ0) is 19.2. The standard InChI is InChI=1S/C21H21NO4S/c1-14-6-7-19(15(2)10-14)26-9-8-25-18-5-3-4-16(11-18)21-22-17(13-27-21)12-20(23)24/h3-7,10-11,13H,8-9,12H2,1-2H3,(H,23,24). The highest BCUT2D eigenvalue weighted by Gasteiger charge is 2.09. The largest absolute Gasteiger partial charge is 0.490 e. The highest BCUT2D eigenvalue weighted by molar-refractivity contribution is 7.13. The number of nitrogens with zero attached hydrogens (tertiary/aromatic N) is 1. The van der Waals surface area contributed by atoms with E-state index in [0.717, 1.165) is 27.6 Å². The van der Waals surface area contributed by atoms with Crippen molar-refractivity contribution in [3.8, 4) is 22.1 Å². The third-order valence-corrected chi connectivity index (χ3v) is 4.85. The van der Waals surface area contributed by atoms with E-state index in [1.807, 2.05) is 43.3 Å². The number of carboxylic acid groups (broad SMARTS) is 1. The van der Waals surface area contributed by atoms with Crippen molar-refractivity contribution in [3.63, 3.8) is 0 Å². The average Bonchev–Trinajstić information content (AvgIpc) is 3.08. The fraction of sp³-hybridized carbons (Fsp3) is 0.238. The highest BCUT2D eigenvalue weighted by Crippen LogP contribution is 2.27. The van der Waals surface area contributed by atoms with Crippen molar-refractivity contribution in [2.75, 3.05) is 13.2 Å². The third-order valence-electron chi connectivity index (χ3n) is 3.91. The van der Waals surface area contributed by atoms with E-state index >= 15 is 0 Å². The molecule has 0 saturated carbocycles. The summed E-state index contributed by atoms with van der Waals surface area (Å²) in [6, 6.07) is 13.7. The second kappa shape index (κ2) is 8.68. The van der Waals surface area contributed by atoms with Gasteiger partial charge in [0.05, 0.1) is 12.1 Å². The average molecular weight is 383 g/mol. The summed E-state index contributed by atoms with van der Waals surface area (Å²) in [6.07, 6.45) is -0.0670. The Labute approximate surface area is 162 Å². The minimum atomic E-state index is -0.882. The van der Waals surface area contributed by atoms with Crippen LogP contribution in [0.4, 0.5) is 0 Å². The van der Waals surface area contributed by atoms with E-state index in [2.05, 4.69) is 18.0 Å². The third kappa shape index (κ3) is 5.31. The van der Waals surface area contributed by atoms with Crippen LogP contribution in [0.15, 0.2) is 47.8 Å². The monoisotopic (exact) mass is 383 g/mol. The molecule has 1 N–H and O–H groups in total. The molecule has 0 atom stereocenters. The predicted octanol–water partition coefficient (Wildman–Crippen LogP) is 4.51. The quantitative estimate of drug-likeness (QED) is 0.580. The Balaban J connectivity index is 1.56. The summed E-state index contributed by atoms with van der Waals surface area (Å²) >= 11 is 1.43. The Morgan fingerprint density at radius 2 is 1.93 bits per heavy atom. The number of hydrogen-bond acceptors (Lipinski definition) is 5. The lowest BCUT2D eigenvalue weighted by Crippen LogP contribution is -2.09. The van der Waals surface area contributed by atoms with Crippen molar-refractivity contribution < 1.29 is 19.4 Å². The van der Waals surface area contributed by atoms with Gasteiger partial charge in [0, 0.05) is 10.9 Å². The van der Waals surface area contributed by atoms with Crippen LogP contribution in [0, 0.1) is 13.8 Å². The normalized spacial score (nSPS) is 10.6. The van der Waals surface area contributed by atoms with Crippen LogP contribution in [0.25, 0.3) is 10.6 Å². The van der Waals surface area contributed by atoms with E-state index in [-0.39, 0.29) is 6.42 Å². The number of aromatic nitrogens is 1. The maximum absolute atomic E-state index is 10.8. The molecule has 0 aliphatic carbocycles. The molecule has 0 fully saturated rings. The van der Waals surface area contributed by atoms with Gasteiger partial charge in [-0.3, -0.25) is 4.79 Å².